The average Bonchev–Trinajstić information content (AvgIpc) is 2.41. The smallest absolute Gasteiger partial charge is 0.165 e. The molecule has 0 radical (unpaired) electrons. The van der Waals surface area contributed by atoms with Gasteiger partial charge in [0.1, 0.15) is 4.64 Å². The quantitative estimate of drug-likeness (QED) is 0.594. The number of Topliss-reactive ketones (excluding diaryl/α,β-unsaturated/α-hetero) is 1. The first-order valence-electron chi connectivity index (χ1n) is 6.46. The molecule has 1 N–H and O–H groups in total. The molecule has 1 aromatic rings. The number of hydrogen-bond acceptors (Lipinski definition) is 2. The van der Waals surface area contributed by atoms with Gasteiger partial charge in [-0.25, -0.2) is 0 Å². The number of carbonyl (C=O) groups excluding carboxylic acids is 1. The molecule has 0 aliphatic heterocycles. The fraction of sp³-hybridized carbons (Fsp3) is 0.571. The topological polar surface area (TPSA) is 32.9 Å². The van der Waals surface area contributed by atoms with Gasteiger partial charge in [-0.15, -0.1) is 0 Å². The van der Waals surface area contributed by atoms with Crippen molar-refractivity contribution in [3.63, 3.8) is 0 Å². The minimum absolute atomic E-state index is 0.142. The molecule has 1 aromatic heterocycles. The number of aromatic amines is 1. The monoisotopic (exact) mass is 255 g/mol. The first kappa shape index (κ1) is 18.4. The summed E-state index contributed by atoms with van der Waals surface area (Å²) in [5.41, 5.74) is 0.644. The van der Waals surface area contributed by atoms with Crippen molar-refractivity contribution in [1.29, 1.82) is 0 Å². The van der Waals surface area contributed by atoms with E-state index in [0.717, 1.165) is 12.8 Å². The number of pyridine rings is 1. The van der Waals surface area contributed by atoms with Gasteiger partial charge in [0.2, 0.25) is 0 Å². The van der Waals surface area contributed by atoms with Crippen molar-refractivity contribution < 1.29 is 4.79 Å². The van der Waals surface area contributed by atoms with Crippen LogP contribution >= 0.6 is 12.2 Å². The minimum atomic E-state index is 0.142. The van der Waals surface area contributed by atoms with Gasteiger partial charge >= 0.3 is 0 Å². The molecule has 0 atom stereocenters. The van der Waals surface area contributed by atoms with Crippen molar-refractivity contribution in [2.45, 2.75) is 53.9 Å². The lowest BCUT2D eigenvalue weighted by atomic mass is 10.1. The summed E-state index contributed by atoms with van der Waals surface area (Å²) in [4.78, 5) is 14.4. The van der Waals surface area contributed by atoms with Crippen LogP contribution in [0, 0.1) is 4.64 Å². The second kappa shape index (κ2) is 13.1. The Morgan fingerprint density at radius 3 is 2.35 bits per heavy atom. The van der Waals surface area contributed by atoms with Gasteiger partial charge in [-0.3, -0.25) is 4.79 Å². The molecular weight excluding hydrogens is 230 g/mol. The molecule has 98 valence electrons. The summed E-state index contributed by atoms with van der Waals surface area (Å²) in [5, 5.41) is 0. The molecule has 17 heavy (non-hydrogen) atoms. The van der Waals surface area contributed by atoms with E-state index in [0.29, 0.717) is 16.6 Å². The zero-order valence-corrected chi connectivity index (χ0v) is 12.5. The first-order valence-corrected chi connectivity index (χ1v) is 6.87. The number of hydrogen-bond donors (Lipinski definition) is 1. The first-order chi connectivity index (χ1) is 8.25. The van der Waals surface area contributed by atoms with Crippen LogP contribution in [0.3, 0.4) is 0 Å². The van der Waals surface area contributed by atoms with E-state index in [1.807, 2.05) is 27.7 Å². The van der Waals surface area contributed by atoms with Crippen LogP contribution in [0.4, 0.5) is 0 Å². The Labute approximate surface area is 110 Å². The van der Waals surface area contributed by atoms with E-state index in [1.165, 1.54) is 0 Å². The molecule has 2 nitrogen and oxygen atoms in total. The Morgan fingerprint density at radius 2 is 1.88 bits per heavy atom. The molecule has 3 heteroatoms. The van der Waals surface area contributed by atoms with E-state index in [2.05, 4.69) is 11.9 Å². The molecule has 0 aliphatic rings. The molecule has 0 unspecified atom stereocenters. The van der Waals surface area contributed by atoms with Gasteiger partial charge in [0, 0.05) is 12.6 Å². The molecule has 1 rings (SSSR count). The van der Waals surface area contributed by atoms with Crippen molar-refractivity contribution in [1.82, 2.24) is 4.98 Å². The van der Waals surface area contributed by atoms with Crippen LogP contribution in [0.25, 0.3) is 0 Å². The summed E-state index contributed by atoms with van der Waals surface area (Å²) < 4.78 is 0.545. The lowest BCUT2D eigenvalue weighted by Gasteiger charge is -1.98. The van der Waals surface area contributed by atoms with Gasteiger partial charge in [0.05, 0.1) is 5.56 Å². The molecule has 0 saturated heterocycles. The zero-order chi connectivity index (χ0) is 13.7. The van der Waals surface area contributed by atoms with Crippen LogP contribution in [0.1, 0.15) is 64.2 Å². The summed E-state index contributed by atoms with van der Waals surface area (Å²) in [5.74, 6) is 0.142. The lowest BCUT2D eigenvalue weighted by molar-refractivity contribution is 0.0979. The van der Waals surface area contributed by atoms with Crippen LogP contribution in [0.5, 0.6) is 0 Å². The van der Waals surface area contributed by atoms with Crippen LogP contribution < -0.4 is 0 Å². The summed E-state index contributed by atoms with van der Waals surface area (Å²) in [7, 11) is 0. The van der Waals surface area contributed by atoms with Crippen LogP contribution in [0.15, 0.2) is 18.3 Å². The van der Waals surface area contributed by atoms with Gasteiger partial charge < -0.3 is 4.98 Å². The molecule has 0 aliphatic carbocycles. The molecular formula is C14H25NOS. The van der Waals surface area contributed by atoms with E-state index in [-0.39, 0.29) is 5.78 Å². The maximum absolute atomic E-state index is 11.5. The fourth-order valence-corrected chi connectivity index (χ4v) is 1.36. The van der Waals surface area contributed by atoms with Gasteiger partial charge in [0.15, 0.2) is 5.78 Å². The normalized spacial score (nSPS) is 8.29. The third-order valence-corrected chi connectivity index (χ3v) is 2.21. The van der Waals surface area contributed by atoms with Crippen molar-refractivity contribution in [2.24, 2.45) is 0 Å². The third kappa shape index (κ3) is 7.86. The summed E-state index contributed by atoms with van der Waals surface area (Å²) >= 11 is 5.00. The predicted octanol–water partition coefficient (Wildman–Crippen LogP) is 5.17. The van der Waals surface area contributed by atoms with E-state index < -0.39 is 0 Å². The average molecular weight is 255 g/mol. The highest BCUT2D eigenvalue weighted by atomic mass is 32.1. The molecule has 0 bridgehead atoms. The number of ketones is 1. The highest BCUT2D eigenvalue weighted by molar-refractivity contribution is 7.71. The van der Waals surface area contributed by atoms with Crippen molar-refractivity contribution in [3.8, 4) is 0 Å². The number of carbonyl (C=O) groups is 1. The molecule has 0 amide bonds. The van der Waals surface area contributed by atoms with E-state index in [1.54, 1.807) is 18.3 Å². The highest BCUT2D eigenvalue weighted by Gasteiger charge is 2.05. The van der Waals surface area contributed by atoms with Crippen molar-refractivity contribution >= 4 is 18.0 Å². The number of unbranched alkanes of at least 4 members (excludes halogenated alkanes) is 1. The molecule has 0 fully saturated rings. The predicted molar refractivity (Wildman–Crippen MR) is 78.2 cm³/mol. The van der Waals surface area contributed by atoms with E-state index in [4.69, 9.17) is 12.2 Å². The number of aromatic nitrogens is 1. The Kier molecular flexibility index (Phi) is 14.2. The van der Waals surface area contributed by atoms with Gasteiger partial charge in [-0.2, -0.15) is 0 Å². The zero-order valence-electron chi connectivity index (χ0n) is 11.7. The maximum atomic E-state index is 11.5. The standard InChI is InChI=1S/C10H13NOS.2C2H6/c1-2-3-6-9(12)8-5-4-7-11-10(8)13;2*1-2/h4-5,7H,2-3,6H2,1H3,(H,11,13);2*1-2H3. The third-order valence-electron chi connectivity index (χ3n) is 1.88. The highest BCUT2D eigenvalue weighted by Crippen LogP contribution is 2.06. The SMILES string of the molecule is CC.CC.CCCCC(=O)c1ccc[nH]c1=S. The Morgan fingerprint density at radius 1 is 1.29 bits per heavy atom. The maximum Gasteiger partial charge on any atom is 0.165 e. The molecule has 1 heterocycles. The second-order valence-corrected chi connectivity index (χ2v) is 3.35. The largest absolute Gasteiger partial charge is 0.352 e. The second-order valence-electron chi connectivity index (χ2n) is 2.94. The van der Waals surface area contributed by atoms with Crippen LogP contribution in [-0.2, 0) is 0 Å². The molecule has 0 saturated carbocycles. The van der Waals surface area contributed by atoms with Gasteiger partial charge in [-0.05, 0) is 18.6 Å². The Hall–Kier alpha value is -0.960. The van der Waals surface area contributed by atoms with Crippen molar-refractivity contribution in [3.05, 3.63) is 28.5 Å². The van der Waals surface area contributed by atoms with Gasteiger partial charge in [-0.1, -0.05) is 53.3 Å². The Balaban J connectivity index is 0. The number of H-pyrrole nitrogens is 1. The van der Waals surface area contributed by atoms with Crippen LogP contribution in [0.2, 0.25) is 0 Å². The fourth-order valence-electron chi connectivity index (χ4n) is 1.11. The summed E-state index contributed by atoms with van der Waals surface area (Å²) in [6.07, 6.45) is 4.30. The number of rotatable bonds is 4. The molecule has 0 spiro atoms. The lowest BCUT2D eigenvalue weighted by Crippen LogP contribution is -2.00. The Bertz CT molecular complexity index is 344. The minimum Gasteiger partial charge on any atom is -0.352 e. The van der Waals surface area contributed by atoms with Crippen molar-refractivity contribution in [2.75, 3.05) is 0 Å². The summed E-state index contributed by atoms with van der Waals surface area (Å²) in [6.45, 7) is 10.1. The van der Waals surface area contributed by atoms with Crippen LogP contribution in [-0.4, -0.2) is 10.8 Å². The summed E-state index contributed by atoms with van der Waals surface area (Å²) in [6, 6.07) is 3.58. The molecule has 0 aromatic carbocycles. The van der Waals surface area contributed by atoms with Gasteiger partial charge in [0.25, 0.3) is 0 Å². The van der Waals surface area contributed by atoms with E-state index >= 15 is 0 Å². The van der Waals surface area contributed by atoms with E-state index in [9.17, 15) is 4.79 Å². The number of nitrogens with one attached hydrogen (secondary N) is 1.